The monoisotopic (exact) mass is 528 g/mol. The molecular formula is C24H26F2N8O4. The number of ether oxygens (including phenoxy) is 2. The molecule has 0 saturated carbocycles. The second-order valence-electron chi connectivity index (χ2n) is 7.55. The van der Waals surface area contributed by atoms with Gasteiger partial charge in [-0.2, -0.15) is 9.58 Å². The van der Waals surface area contributed by atoms with E-state index < -0.39 is 11.9 Å². The van der Waals surface area contributed by atoms with Crippen molar-refractivity contribution in [2.45, 2.75) is 27.7 Å². The molecule has 2 aromatic carbocycles. The molecule has 4 aromatic rings. The molecular weight excluding hydrogens is 502 g/mol. The summed E-state index contributed by atoms with van der Waals surface area (Å²) >= 11 is 0. The van der Waals surface area contributed by atoms with Crippen LogP contribution in [-0.4, -0.2) is 55.4 Å². The molecule has 0 radical (unpaired) electrons. The number of aromatic nitrogens is 6. The van der Waals surface area contributed by atoms with E-state index in [1.54, 1.807) is 52.0 Å². The number of benzene rings is 2. The molecule has 0 bridgehead atoms. The van der Waals surface area contributed by atoms with Gasteiger partial charge in [0.25, 0.3) is 0 Å². The fourth-order valence-corrected chi connectivity index (χ4v) is 2.94. The summed E-state index contributed by atoms with van der Waals surface area (Å²) in [6.07, 6.45) is 0. The second-order valence-corrected chi connectivity index (χ2v) is 7.55. The normalized spacial score (nSPS) is 10.3. The van der Waals surface area contributed by atoms with Gasteiger partial charge in [-0.25, -0.2) is 18.4 Å². The first-order valence-electron chi connectivity index (χ1n) is 11.5. The summed E-state index contributed by atoms with van der Waals surface area (Å²) in [4.78, 5) is 25.8. The van der Waals surface area contributed by atoms with Crippen molar-refractivity contribution in [2.24, 2.45) is 0 Å². The summed E-state index contributed by atoms with van der Waals surface area (Å²) < 4.78 is 35.3. The van der Waals surface area contributed by atoms with Crippen LogP contribution >= 0.6 is 0 Å². The molecule has 2 heterocycles. The first kappa shape index (κ1) is 27.7. The fourth-order valence-electron chi connectivity index (χ4n) is 2.94. The standard InChI is InChI=1S/2C12H13FN4O2/c2*1-3-19-12(18)11-8(2)17(16-14-11)15-10-6-4-9(13)5-7-10/h2*4-7,15H,3H2,1-2H3. The Balaban J connectivity index is 0.000000211. The molecule has 0 aliphatic heterocycles. The highest BCUT2D eigenvalue weighted by atomic mass is 19.1. The van der Waals surface area contributed by atoms with Gasteiger partial charge in [-0.1, -0.05) is 0 Å². The molecule has 2 N–H and O–H groups in total. The summed E-state index contributed by atoms with van der Waals surface area (Å²) in [7, 11) is 0. The summed E-state index contributed by atoms with van der Waals surface area (Å²) in [5.74, 6) is -1.69. The van der Waals surface area contributed by atoms with E-state index in [0.29, 0.717) is 22.8 Å². The van der Waals surface area contributed by atoms with Crippen LogP contribution in [0.5, 0.6) is 0 Å². The van der Waals surface area contributed by atoms with E-state index in [2.05, 4.69) is 31.5 Å². The first-order valence-corrected chi connectivity index (χ1v) is 11.5. The lowest BCUT2D eigenvalue weighted by molar-refractivity contribution is 0.0509. The highest BCUT2D eigenvalue weighted by Crippen LogP contribution is 2.12. The smallest absolute Gasteiger partial charge is 0.360 e. The van der Waals surface area contributed by atoms with Gasteiger partial charge in [0.05, 0.1) is 36.0 Å². The summed E-state index contributed by atoms with van der Waals surface area (Å²) in [5, 5.41) is 15.1. The summed E-state index contributed by atoms with van der Waals surface area (Å²) in [6.45, 7) is 7.35. The highest BCUT2D eigenvalue weighted by molar-refractivity contribution is 5.88. The van der Waals surface area contributed by atoms with Gasteiger partial charge in [0.1, 0.15) is 11.6 Å². The lowest BCUT2D eigenvalue weighted by Gasteiger charge is -2.07. The number of rotatable bonds is 8. The number of hydrogen-bond acceptors (Lipinski definition) is 10. The van der Waals surface area contributed by atoms with E-state index in [1.807, 2.05) is 0 Å². The van der Waals surface area contributed by atoms with E-state index in [0.717, 1.165) is 0 Å². The predicted molar refractivity (Wildman–Crippen MR) is 132 cm³/mol. The van der Waals surface area contributed by atoms with Gasteiger partial charge >= 0.3 is 11.9 Å². The minimum Gasteiger partial charge on any atom is -0.461 e. The van der Waals surface area contributed by atoms with Crippen molar-refractivity contribution in [1.82, 2.24) is 30.2 Å². The molecule has 0 spiro atoms. The Kier molecular flexibility index (Phi) is 9.40. The molecule has 12 nitrogen and oxygen atoms in total. The molecule has 0 unspecified atom stereocenters. The number of carbonyl (C=O) groups is 2. The van der Waals surface area contributed by atoms with Crippen molar-refractivity contribution in [3.8, 4) is 0 Å². The minimum atomic E-state index is -0.521. The predicted octanol–water partition coefficient (Wildman–Crippen LogP) is 3.56. The number of nitrogens with one attached hydrogen (secondary N) is 2. The molecule has 0 fully saturated rings. The van der Waals surface area contributed by atoms with E-state index in [4.69, 9.17) is 9.47 Å². The molecule has 0 saturated heterocycles. The number of nitrogens with zero attached hydrogens (tertiary/aromatic N) is 6. The van der Waals surface area contributed by atoms with Crippen molar-refractivity contribution < 1.29 is 27.8 Å². The molecule has 2 aromatic heterocycles. The van der Waals surface area contributed by atoms with Crippen molar-refractivity contribution in [3.05, 3.63) is 82.9 Å². The third-order valence-corrected chi connectivity index (χ3v) is 4.89. The maximum Gasteiger partial charge on any atom is 0.360 e. The van der Waals surface area contributed by atoms with Gasteiger partial charge in [0.15, 0.2) is 11.4 Å². The summed E-state index contributed by atoms with van der Waals surface area (Å²) in [6, 6.07) is 11.5. The van der Waals surface area contributed by atoms with Gasteiger partial charge < -0.3 is 9.47 Å². The lowest BCUT2D eigenvalue weighted by Crippen LogP contribution is -2.14. The zero-order chi connectivity index (χ0) is 27.7. The third-order valence-electron chi connectivity index (χ3n) is 4.89. The van der Waals surface area contributed by atoms with Crippen molar-refractivity contribution in [3.63, 3.8) is 0 Å². The minimum absolute atomic E-state index is 0.150. The van der Waals surface area contributed by atoms with Crippen LogP contribution in [0.3, 0.4) is 0 Å². The van der Waals surface area contributed by atoms with Crippen LogP contribution in [0.4, 0.5) is 20.2 Å². The Morgan fingerprint density at radius 1 is 0.711 bits per heavy atom. The zero-order valence-electron chi connectivity index (χ0n) is 21.1. The maximum atomic E-state index is 12.8. The van der Waals surface area contributed by atoms with E-state index >= 15 is 0 Å². The van der Waals surface area contributed by atoms with Gasteiger partial charge in [-0.3, -0.25) is 10.9 Å². The quantitative estimate of drug-likeness (QED) is 0.327. The lowest BCUT2D eigenvalue weighted by atomic mass is 10.3. The van der Waals surface area contributed by atoms with Gasteiger partial charge in [-0.15, -0.1) is 10.2 Å². The van der Waals surface area contributed by atoms with Crippen molar-refractivity contribution >= 4 is 23.3 Å². The average Bonchev–Trinajstić information content (AvgIpc) is 3.44. The Hall–Kier alpha value is -4.88. The van der Waals surface area contributed by atoms with E-state index in [9.17, 15) is 18.4 Å². The molecule has 38 heavy (non-hydrogen) atoms. The van der Waals surface area contributed by atoms with Crippen molar-refractivity contribution in [1.29, 1.82) is 0 Å². The van der Waals surface area contributed by atoms with Gasteiger partial charge in [0.2, 0.25) is 0 Å². The fraction of sp³-hybridized carbons (Fsp3) is 0.250. The molecule has 14 heteroatoms. The van der Waals surface area contributed by atoms with Crippen LogP contribution in [0.25, 0.3) is 0 Å². The van der Waals surface area contributed by atoms with Crippen LogP contribution < -0.4 is 10.9 Å². The largest absolute Gasteiger partial charge is 0.461 e. The number of esters is 2. The number of hydrogen-bond donors (Lipinski definition) is 2. The van der Waals surface area contributed by atoms with E-state index in [-0.39, 0.29) is 36.2 Å². The molecule has 0 aliphatic rings. The van der Waals surface area contributed by atoms with Crippen LogP contribution in [0.15, 0.2) is 48.5 Å². The SMILES string of the molecule is CCOC(=O)c1nnn(Nc2ccc(F)cc2)c1C.CCOC(=O)c1nnn(Nc2ccc(F)cc2)c1C. The number of anilines is 2. The van der Waals surface area contributed by atoms with E-state index in [1.165, 1.54) is 33.8 Å². The van der Waals surface area contributed by atoms with Crippen molar-refractivity contribution in [2.75, 3.05) is 24.1 Å². The Morgan fingerprint density at radius 2 is 1.05 bits per heavy atom. The summed E-state index contributed by atoms with van der Waals surface area (Å²) in [5.41, 5.74) is 8.36. The molecule has 4 rings (SSSR count). The Bertz CT molecular complexity index is 1270. The average molecular weight is 529 g/mol. The first-order chi connectivity index (χ1) is 18.2. The Labute approximate surface area is 216 Å². The van der Waals surface area contributed by atoms with Gasteiger partial charge in [0, 0.05) is 0 Å². The van der Waals surface area contributed by atoms with Gasteiger partial charge in [-0.05, 0) is 86.7 Å². The van der Waals surface area contributed by atoms with Crippen LogP contribution in [0.1, 0.15) is 46.2 Å². The van der Waals surface area contributed by atoms with Crippen LogP contribution in [-0.2, 0) is 9.47 Å². The third kappa shape index (κ3) is 7.09. The molecule has 0 atom stereocenters. The molecule has 0 amide bonds. The molecule has 200 valence electrons. The zero-order valence-corrected chi connectivity index (χ0v) is 21.1. The highest BCUT2D eigenvalue weighted by Gasteiger charge is 2.18. The number of halogens is 2. The van der Waals surface area contributed by atoms with Crippen LogP contribution in [0.2, 0.25) is 0 Å². The Morgan fingerprint density at radius 3 is 1.37 bits per heavy atom. The number of carbonyl (C=O) groups excluding carboxylic acids is 2. The molecule has 0 aliphatic carbocycles. The second kappa shape index (κ2) is 12.9. The maximum absolute atomic E-state index is 12.8. The van der Waals surface area contributed by atoms with Crippen LogP contribution in [0, 0.1) is 25.5 Å². The topological polar surface area (TPSA) is 138 Å².